The zero-order valence-corrected chi connectivity index (χ0v) is 16.6. The van der Waals surface area contributed by atoms with Crippen molar-refractivity contribution in [3.63, 3.8) is 0 Å². The largest absolute Gasteiger partial charge is 0.269 e. The van der Waals surface area contributed by atoms with E-state index < -0.39 is 26.4 Å². The number of hydrogen-bond acceptors (Lipinski definition) is 5. The minimum Gasteiger partial charge on any atom is -0.269 e. The number of hydrogen-bond donors (Lipinski definition) is 0. The molecule has 0 bridgehead atoms. The first-order chi connectivity index (χ1) is 13.8. The van der Waals surface area contributed by atoms with Gasteiger partial charge in [-0.3, -0.25) is 9.36 Å². The highest BCUT2D eigenvalue weighted by atomic mass is 35.5. The van der Waals surface area contributed by atoms with Crippen LogP contribution in [0, 0.1) is 5.82 Å². The van der Waals surface area contributed by atoms with E-state index in [2.05, 4.69) is 9.97 Å². The summed E-state index contributed by atoms with van der Waals surface area (Å²) in [7, 11) is -3.85. The summed E-state index contributed by atoms with van der Waals surface area (Å²) in [5, 5.41) is 0.0609. The normalized spacial score (nSPS) is 11.7. The van der Waals surface area contributed by atoms with E-state index in [9.17, 15) is 17.6 Å². The standard InChI is InChI=1S/C20H13ClFN3O3S/c1-29(27,28)20-23-18(12-6-2-4-8-15(12)22)13-10-11-17(26)25(19(13)24-20)16-9-5-3-7-14(16)21/h2-11H,1H3. The highest BCUT2D eigenvalue weighted by Gasteiger charge is 2.21. The van der Waals surface area contributed by atoms with Crippen LogP contribution >= 0.6 is 11.6 Å². The first kappa shape index (κ1) is 19.2. The van der Waals surface area contributed by atoms with Gasteiger partial charge < -0.3 is 0 Å². The average molecular weight is 430 g/mol. The van der Waals surface area contributed by atoms with E-state index in [0.717, 1.165) is 6.26 Å². The van der Waals surface area contributed by atoms with Crippen molar-refractivity contribution in [1.82, 2.24) is 14.5 Å². The molecule has 0 N–H and O–H groups in total. The third-order valence-electron chi connectivity index (χ3n) is 4.28. The fourth-order valence-electron chi connectivity index (χ4n) is 2.99. The first-order valence-electron chi connectivity index (χ1n) is 8.41. The van der Waals surface area contributed by atoms with Gasteiger partial charge in [0.25, 0.3) is 5.56 Å². The molecule has 9 heteroatoms. The molecule has 0 atom stereocenters. The SMILES string of the molecule is CS(=O)(=O)c1nc(-c2ccccc2F)c2ccc(=O)n(-c3ccccc3Cl)c2n1. The second kappa shape index (κ2) is 7.06. The van der Waals surface area contributed by atoms with E-state index in [-0.39, 0.29) is 21.9 Å². The maximum atomic E-state index is 14.5. The monoisotopic (exact) mass is 429 g/mol. The van der Waals surface area contributed by atoms with E-state index in [1.54, 1.807) is 30.3 Å². The van der Waals surface area contributed by atoms with Crippen LogP contribution < -0.4 is 5.56 Å². The molecule has 0 fully saturated rings. The zero-order valence-electron chi connectivity index (χ0n) is 15.0. The van der Waals surface area contributed by atoms with Crippen molar-refractivity contribution in [1.29, 1.82) is 0 Å². The van der Waals surface area contributed by atoms with E-state index in [1.165, 1.54) is 34.9 Å². The molecule has 0 spiro atoms. The molecule has 0 saturated heterocycles. The number of benzene rings is 2. The number of nitrogens with zero attached hydrogens (tertiary/aromatic N) is 3. The van der Waals surface area contributed by atoms with Gasteiger partial charge in [-0.2, -0.15) is 4.98 Å². The Balaban J connectivity index is 2.22. The van der Waals surface area contributed by atoms with Crippen LogP contribution in [-0.4, -0.2) is 29.2 Å². The summed E-state index contributed by atoms with van der Waals surface area (Å²) in [6, 6.07) is 15.1. The second-order valence-electron chi connectivity index (χ2n) is 6.30. The number of para-hydroxylation sites is 1. The molecule has 2 heterocycles. The minimum atomic E-state index is -3.85. The minimum absolute atomic E-state index is 0.0132. The van der Waals surface area contributed by atoms with Crippen molar-refractivity contribution in [3.8, 4) is 16.9 Å². The molecule has 0 amide bonds. The van der Waals surface area contributed by atoms with Crippen molar-refractivity contribution < 1.29 is 12.8 Å². The van der Waals surface area contributed by atoms with Crippen molar-refractivity contribution in [2.75, 3.05) is 6.26 Å². The lowest BCUT2D eigenvalue weighted by atomic mass is 10.1. The Morgan fingerprint density at radius 2 is 1.66 bits per heavy atom. The fourth-order valence-corrected chi connectivity index (χ4v) is 3.71. The van der Waals surface area contributed by atoms with Gasteiger partial charge in [-0.25, -0.2) is 17.8 Å². The van der Waals surface area contributed by atoms with Crippen LogP contribution in [-0.2, 0) is 9.84 Å². The Kier molecular flexibility index (Phi) is 4.68. The lowest BCUT2D eigenvalue weighted by Gasteiger charge is -2.14. The van der Waals surface area contributed by atoms with Gasteiger partial charge in [0, 0.05) is 23.3 Å². The molecule has 4 rings (SSSR count). The van der Waals surface area contributed by atoms with E-state index >= 15 is 0 Å². The van der Waals surface area contributed by atoms with E-state index in [0.29, 0.717) is 11.1 Å². The molecular formula is C20H13ClFN3O3S. The Morgan fingerprint density at radius 1 is 0.966 bits per heavy atom. The number of sulfone groups is 1. The van der Waals surface area contributed by atoms with Crippen molar-refractivity contribution >= 4 is 32.5 Å². The topological polar surface area (TPSA) is 81.9 Å². The van der Waals surface area contributed by atoms with Crippen LogP contribution in [0.2, 0.25) is 5.02 Å². The number of pyridine rings is 1. The van der Waals surface area contributed by atoms with Crippen molar-refractivity contribution in [2.45, 2.75) is 5.16 Å². The summed E-state index contributed by atoms with van der Waals surface area (Å²) in [4.78, 5) is 20.9. The smallest absolute Gasteiger partial charge is 0.256 e. The molecule has 0 aliphatic heterocycles. The molecule has 146 valence electrons. The predicted molar refractivity (Wildman–Crippen MR) is 109 cm³/mol. The summed E-state index contributed by atoms with van der Waals surface area (Å²) < 4.78 is 40.1. The predicted octanol–water partition coefficient (Wildman–Crippen LogP) is 3.64. The number of aromatic nitrogens is 3. The average Bonchev–Trinajstić information content (AvgIpc) is 2.68. The summed E-state index contributed by atoms with van der Waals surface area (Å²) in [6.45, 7) is 0. The molecule has 4 aromatic rings. The summed E-state index contributed by atoms with van der Waals surface area (Å²) in [5.74, 6) is -0.581. The summed E-state index contributed by atoms with van der Waals surface area (Å²) in [5.41, 5.74) is 0.0217. The van der Waals surface area contributed by atoms with Crippen LogP contribution in [0.25, 0.3) is 28.0 Å². The Morgan fingerprint density at radius 3 is 2.34 bits per heavy atom. The molecule has 29 heavy (non-hydrogen) atoms. The maximum Gasteiger partial charge on any atom is 0.256 e. The lowest BCUT2D eigenvalue weighted by Crippen LogP contribution is -2.20. The van der Waals surface area contributed by atoms with Crippen molar-refractivity contribution in [3.05, 3.63) is 81.9 Å². The van der Waals surface area contributed by atoms with Gasteiger partial charge in [0.05, 0.1) is 16.4 Å². The molecule has 0 radical (unpaired) electrons. The van der Waals surface area contributed by atoms with Crippen LogP contribution in [0.15, 0.2) is 70.6 Å². The third kappa shape index (κ3) is 3.41. The molecule has 0 saturated carbocycles. The molecule has 2 aromatic carbocycles. The van der Waals surface area contributed by atoms with Crippen molar-refractivity contribution in [2.24, 2.45) is 0 Å². The highest BCUT2D eigenvalue weighted by molar-refractivity contribution is 7.90. The Hall–Kier alpha value is -3.10. The second-order valence-corrected chi connectivity index (χ2v) is 8.62. The number of fused-ring (bicyclic) bond motifs is 1. The third-order valence-corrected chi connectivity index (χ3v) is 5.45. The van der Waals surface area contributed by atoms with Gasteiger partial charge >= 0.3 is 0 Å². The number of rotatable bonds is 3. The van der Waals surface area contributed by atoms with Gasteiger partial charge in [-0.15, -0.1) is 0 Å². The molecule has 0 aliphatic carbocycles. The van der Waals surface area contributed by atoms with Crippen LogP contribution in [0.5, 0.6) is 0 Å². The first-order valence-corrected chi connectivity index (χ1v) is 10.7. The van der Waals surface area contributed by atoms with Crippen LogP contribution in [0.1, 0.15) is 0 Å². The number of halogens is 2. The van der Waals surface area contributed by atoms with Crippen LogP contribution in [0.3, 0.4) is 0 Å². The highest BCUT2D eigenvalue weighted by Crippen LogP contribution is 2.30. The van der Waals surface area contributed by atoms with Gasteiger partial charge in [0.2, 0.25) is 15.0 Å². The molecule has 6 nitrogen and oxygen atoms in total. The molecule has 2 aromatic heterocycles. The summed E-state index contributed by atoms with van der Waals surface area (Å²) >= 11 is 6.26. The fraction of sp³-hybridized carbons (Fsp3) is 0.0500. The molecule has 0 unspecified atom stereocenters. The zero-order chi connectivity index (χ0) is 20.8. The summed E-state index contributed by atoms with van der Waals surface area (Å²) in [6.07, 6.45) is 0.945. The maximum absolute atomic E-state index is 14.5. The molecular weight excluding hydrogens is 417 g/mol. The van der Waals surface area contributed by atoms with E-state index in [4.69, 9.17) is 11.6 Å². The van der Waals surface area contributed by atoms with Crippen LogP contribution in [0.4, 0.5) is 4.39 Å². The van der Waals surface area contributed by atoms with E-state index in [1.807, 2.05) is 0 Å². The Bertz CT molecular complexity index is 1430. The molecule has 0 aliphatic rings. The lowest BCUT2D eigenvalue weighted by molar-refractivity contribution is 0.593. The van der Waals surface area contributed by atoms with Gasteiger partial charge in [0.1, 0.15) is 5.82 Å². The Labute approximate surface area is 170 Å². The van der Waals surface area contributed by atoms with Gasteiger partial charge in [-0.05, 0) is 30.3 Å². The van der Waals surface area contributed by atoms with Gasteiger partial charge in [-0.1, -0.05) is 35.9 Å². The quantitative estimate of drug-likeness (QED) is 0.464. The van der Waals surface area contributed by atoms with Gasteiger partial charge in [0.15, 0.2) is 5.65 Å².